The van der Waals surface area contributed by atoms with Gasteiger partial charge in [0.25, 0.3) is 0 Å². The van der Waals surface area contributed by atoms with Crippen molar-refractivity contribution in [3.8, 4) is 0 Å². The van der Waals surface area contributed by atoms with E-state index in [0.717, 1.165) is 24.6 Å². The summed E-state index contributed by atoms with van der Waals surface area (Å²) in [4.78, 5) is 3.78. The Morgan fingerprint density at radius 3 is 2.76 bits per heavy atom. The van der Waals surface area contributed by atoms with Crippen LogP contribution in [0.2, 0.25) is 5.02 Å². The third-order valence-corrected chi connectivity index (χ3v) is 4.35. The molecule has 1 saturated carbocycles. The molecule has 6 heteroatoms. The van der Waals surface area contributed by atoms with Crippen molar-refractivity contribution in [2.75, 3.05) is 11.9 Å². The number of pyridine rings is 1. The standard InChI is InChI=1S/C15H20ClF3N2/c1-10-3-2-4-11(7-10)5-6-20-14-13(16)8-12(9-21-14)15(17,18)19/h8-11H,2-7H2,1H3,(H,20,21). The van der Waals surface area contributed by atoms with E-state index in [9.17, 15) is 13.2 Å². The molecule has 1 aliphatic rings. The minimum Gasteiger partial charge on any atom is -0.369 e. The van der Waals surface area contributed by atoms with Crippen molar-refractivity contribution in [1.82, 2.24) is 4.98 Å². The van der Waals surface area contributed by atoms with E-state index in [1.807, 2.05) is 0 Å². The van der Waals surface area contributed by atoms with Gasteiger partial charge in [-0.15, -0.1) is 0 Å². The van der Waals surface area contributed by atoms with Crippen molar-refractivity contribution in [1.29, 1.82) is 0 Å². The van der Waals surface area contributed by atoms with Crippen molar-refractivity contribution < 1.29 is 13.2 Å². The van der Waals surface area contributed by atoms with E-state index in [1.165, 1.54) is 25.7 Å². The zero-order valence-electron chi connectivity index (χ0n) is 12.0. The molecule has 118 valence electrons. The lowest BCUT2D eigenvalue weighted by molar-refractivity contribution is -0.137. The number of nitrogens with one attached hydrogen (secondary N) is 1. The first-order valence-corrected chi connectivity index (χ1v) is 7.70. The summed E-state index contributed by atoms with van der Waals surface area (Å²) in [5, 5.41) is 3.06. The minimum absolute atomic E-state index is 0.0156. The van der Waals surface area contributed by atoms with Gasteiger partial charge in [0, 0.05) is 12.7 Å². The summed E-state index contributed by atoms with van der Waals surface area (Å²) in [5.74, 6) is 1.79. The summed E-state index contributed by atoms with van der Waals surface area (Å²) in [6.45, 7) is 2.96. The molecule has 1 fully saturated rings. The molecule has 1 aromatic rings. The maximum Gasteiger partial charge on any atom is 0.417 e. The van der Waals surface area contributed by atoms with Crippen molar-refractivity contribution >= 4 is 17.4 Å². The fraction of sp³-hybridized carbons (Fsp3) is 0.667. The Bertz CT molecular complexity index is 476. The number of hydrogen-bond acceptors (Lipinski definition) is 2. The molecule has 0 radical (unpaired) electrons. The van der Waals surface area contributed by atoms with Crippen molar-refractivity contribution in [2.24, 2.45) is 11.8 Å². The van der Waals surface area contributed by atoms with E-state index >= 15 is 0 Å². The lowest BCUT2D eigenvalue weighted by Crippen LogP contribution is -2.17. The highest BCUT2D eigenvalue weighted by molar-refractivity contribution is 6.32. The molecule has 21 heavy (non-hydrogen) atoms. The molecule has 0 spiro atoms. The fourth-order valence-corrected chi connectivity index (χ4v) is 3.17. The largest absolute Gasteiger partial charge is 0.417 e. The van der Waals surface area contributed by atoms with Crippen LogP contribution >= 0.6 is 11.6 Å². The van der Waals surface area contributed by atoms with Crippen LogP contribution in [-0.2, 0) is 6.18 Å². The average molecular weight is 321 g/mol. The third kappa shape index (κ3) is 4.77. The predicted octanol–water partition coefficient (Wildman–Crippen LogP) is 5.38. The van der Waals surface area contributed by atoms with E-state index < -0.39 is 11.7 Å². The molecule has 0 amide bonds. The van der Waals surface area contributed by atoms with Gasteiger partial charge in [-0.05, 0) is 30.7 Å². The highest BCUT2D eigenvalue weighted by Crippen LogP contribution is 2.33. The average Bonchev–Trinajstić information content (AvgIpc) is 2.39. The van der Waals surface area contributed by atoms with Crippen LogP contribution in [0.3, 0.4) is 0 Å². The normalized spacial score (nSPS) is 23.1. The Balaban J connectivity index is 1.86. The predicted molar refractivity (Wildman–Crippen MR) is 78.5 cm³/mol. The Morgan fingerprint density at radius 2 is 2.14 bits per heavy atom. The van der Waals surface area contributed by atoms with Gasteiger partial charge < -0.3 is 5.32 Å². The number of nitrogens with zero attached hydrogens (tertiary/aromatic N) is 1. The van der Waals surface area contributed by atoms with Crippen LogP contribution in [0.1, 0.15) is 44.6 Å². The quantitative estimate of drug-likeness (QED) is 0.805. The second-order valence-corrected chi connectivity index (χ2v) is 6.31. The SMILES string of the molecule is CC1CCCC(CCNc2ncc(C(F)(F)F)cc2Cl)C1. The molecule has 2 atom stereocenters. The molecule has 0 aromatic carbocycles. The maximum absolute atomic E-state index is 12.5. The van der Waals surface area contributed by atoms with E-state index in [1.54, 1.807) is 0 Å². The number of alkyl halides is 3. The second kappa shape index (κ2) is 6.86. The Kier molecular flexibility index (Phi) is 5.36. The number of halogens is 4. The summed E-state index contributed by atoms with van der Waals surface area (Å²) < 4.78 is 37.5. The Hall–Kier alpha value is -0.970. The van der Waals surface area contributed by atoms with E-state index in [4.69, 9.17) is 11.6 Å². The topological polar surface area (TPSA) is 24.9 Å². The van der Waals surface area contributed by atoms with Crippen molar-refractivity contribution in [2.45, 2.75) is 45.2 Å². The van der Waals surface area contributed by atoms with E-state index in [0.29, 0.717) is 18.3 Å². The number of hydrogen-bond donors (Lipinski definition) is 1. The highest BCUT2D eigenvalue weighted by Gasteiger charge is 2.31. The summed E-state index contributed by atoms with van der Waals surface area (Å²) in [6, 6.07) is 0.916. The van der Waals surface area contributed by atoms with Crippen LogP contribution in [-0.4, -0.2) is 11.5 Å². The Morgan fingerprint density at radius 1 is 1.38 bits per heavy atom. The lowest BCUT2D eigenvalue weighted by atomic mass is 9.81. The summed E-state index contributed by atoms with van der Waals surface area (Å²) >= 11 is 5.86. The molecule has 0 aliphatic heterocycles. The molecule has 2 nitrogen and oxygen atoms in total. The zero-order chi connectivity index (χ0) is 15.5. The van der Waals surface area contributed by atoms with Crippen LogP contribution in [0, 0.1) is 11.8 Å². The molecular weight excluding hydrogens is 301 g/mol. The minimum atomic E-state index is -4.41. The maximum atomic E-state index is 12.5. The van der Waals surface area contributed by atoms with Crippen molar-refractivity contribution in [3.05, 3.63) is 22.8 Å². The van der Waals surface area contributed by atoms with Gasteiger partial charge >= 0.3 is 6.18 Å². The molecule has 2 unspecified atom stereocenters. The molecule has 0 saturated heterocycles. The molecule has 1 heterocycles. The zero-order valence-corrected chi connectivity index (χ0v) is 12.8. The summed E-state index contributed by atoms with van der Waals surface area (Å²) in [5.41, 5.74) is -0.820. The molecule has 1 N–H and O–H groups in total. The molecule has 1 aliphatic carbocycles. The van der Waals surface area contributed by atoms with Gasteiger partial charge in [0.1, 0.15) is 5.82 Å². The van der Waals surface area contributed by atoms with Gasteiger partial charge in [-0.1, -0.05) is 37.8 Å². The molecule has 2 rings (SSSR count). The Labute approximate surface area is 128 Å². The second-order valence-electron chi connectivity index (χ2n) is 5.91. The van der Waals surface area contributed by atoms with E-state index in [-0.39, 0.29) is 5.02 Å². The van der Waals surface area contributed by atoms with Gasteiger partial charge in [-0.25, -0.2) is 4.98 Å². The van der Waals surface area contributed by atoms with Gasteiger partial charge in [-0.2, -0.15) is 13.2 Å². The smallest absolute Gasteiger partial charge is 0.369 e. The third-order valence-electron chi connectivity index (χ3n) is 4.06. The van der Waals surface area contributed by atoms with Gasteiger partial charge in [0.15, 0.2) is 0 Å². The highest BCUT2D eigenvalue weighted by atomic mass is 35.5. The van der Waals surface area contributed by atoms with Gasteiger partial charge in [-0.3, -0.25) is 0 Å². The summed E-state index contributed by atoms with van der Waals surface area (Å²) in [7, 11) is 0. The molecule has 1 aromatic heterocycles. The van der Waals surface area contributed by atoms with Gasteiger partial charge in [0.2, 0.25) is 0 Å². The summed E-state index contributed by atoms with van der Waals surface area (Å²) in [6.07, 6.45) is 2.45. The van der Waals surface area contributed by atoms with Crippen LogP contribution in [0.25, 0.3) is 0 Å². The molecular formula is C15H20ClF3N2. The van der Waals surface area contributed by atoms with Crippen LogP contribution in [0.5, 0.6) is 0 Å². The molecule has 0 bridgehead atoms. The van der Waals surface area contributed by atoms with Crippen LogP contribution in [0.15, 0.2) is 12.3 Å². The number of rotatable bonds is 4. The first-order chi connectivity index (χ1) is 9.86. The monoisotopic (exact) mass is 320 g/mol. The van der Waals surface area contributed by atoms with Gasteiger partial charge in [0.05, 0.1) is 10.6 Å². The van der Waals surface area contributed by atoms with E-state index in [2.05, 4.69) is 17.2 Å². The van der Waals surface area contributed by atoms with Crippen molar-refractivity contribution in [3.63, 3.8) is 0 Å². The number of aromatic nitrogens is 1. The lowest BCUT2D eigenvalue weighted by Gasteiger charge is -2.26. The number of anilines is 1. The first kappa shape index (κ1) is 16.4. The van der Waals surface area contributed by atoms with Crippen LogP contribution in [0.4, 0.5) is 19.0 Å². The first-order valence-electron chi connectivity index (χ1n) is 7.33. The fourth-order valence-electron chi connectivity index (χ4n) is 2.94. The van der Waals surface area contributed by atoms with Crippen LogP contribution < -0.4 is 5.32 Å².